The molecule has 3 unspecified atom stereocenters. The third kappa shape index (κ3) is 46.3. The van der Waals surface area contributed by atoms with Gasteiger partial charge in [0.2, 0.25) is 0 Å². The Morgan fingerprint density at radius 1 is 0.444 bits per heavy atom. The lowest BCUT2D eigenvalue weighted by Gasteiger charge is -2.20. The SMILES string of the molecule is CC/C=C\C/C=C\C/C=C\CCCCCCCCCC(=O)OC(CO)COP(=O)(O)OCC(CO)OC(=O)CCCCCCCCCCCCC/C=C\CCCCCCCCCC. The number of phosphoric acid groups is 1. The number of unbranched alkanes of at least 4 members (excludes halogenated alkanes) is 26. The van der Waals surface area contributed by atoms with Gasteiger partial charge in [-0.25, -0.2) is 4.57 Å². The van der Waals surface area contributed by atoms with Crippen LogP contribution in [0.3, 0.4) is 0 Å². The van der Waals surface area contributed by atoms with E-state index in [9.17, 15) is 29.3 Å². The third-order valence-electron chi connectivity index (χ3n) is 11.0. The molecule has 0 aromatic carbocycles. The van der Waals surface area contributed by atoms with Crippen LogP contribution in [0.4, 0.5) is 0 Å². The van der Waals surface area contributed by atoms with Gasteiger partial charge in [-0.05, 0) is 70.6 Å². The zero-order valence-corrected chi connectivity index (χ0v) is 41.2. The molecule has 0 fully saturated rings. The van der Waals surface area contributed by atoms with Crippen LogP contribution in [-0.2, 0) is 32.7 Å². The number of carbonyl (C=O) groups excluding carboxylic acids is 2. The summed E-state index contributed by atoms with van der Waals surface area (Å²) in [5, 5.41) is 19.2. The zero-order chi connectivity index (χ0) is 46.2. The van der Waals surface area contributed by atoms with Gasteiger partial charge in [0.15, 0.2) is 0 Å². The number of carbonyl (C=O) groups is 2. The van der Waals surface area contributed by atoms with Crippen LogP contribution < -0.4 is 0 Å². The van der Waals surface area contributed by atoms with Gasteiger partial charge in [-0.15, -0.1) is 0 Å². The summed E-state index contributed by atoms with van der Waals surface area (Å²) in [5.74, 6) is -1.02. The van der Waals surface area contributed by atoms with E-state index in [1.165, 1.54) is 122 Å². The summed E-state index contributed by atoms with van der Waals surface area (Å²) in [6.07, 6.45) is 53.7. The summed E-state index contributed by atoms with van der Waals surface area (Å²) >= 11 is 0. The summed E-state index contributed by atoms with van der Waals surface area (Å²) in [4.78, 5) is 34.7. The van der Waals surface area contributed by atoms with Crippen molar-refractivity contribution >= 4 is 19.8 Å². The molecule has 0 heterocycles. The van der Waals surface area contributed by atoms with Crippen LogP contribution in [0.2, 0.25) is 0 Å². The van der Waals surface area contributed by atoms with Crippen molar-refractivity contribution in [1.29, 1.82) is 0 Å². The van der Waals surface area contributed by atoms with Gasteiger partial charge in [0, 0.05) is 12.8 Å². The molecule has 11 heteroatoms. The summed E-state index contributed by atoms with van der Waals surface area (Å²) in [5.41, 5.74) is 0. The molecule has 10 nitrogen and oxygen atoms in total. The Kier molecular flexibility index (Phi) is 46.3. The average Bonchev–Trinajstić information content (AvgIpc) is 3.27. The van der Waals surface area contributed by atoms with Crippen molar-refractivity contribution in [3.63, 3.8) is 0 Å². The van der Waals surface area contributed by atoms with Gasteiger partial charge in [-0.2, -0.15) is 0 Å². The quantitative estimate of drug-likeness (QED) is 0.0233. The molecular formula is C52H95O10P. The van der Waals surface area contributed by atoms with Crippen LogP contribution >= 0.6 is 7.82 Å². The van der Waals surface area contributed by atoms with E-state index in [1.807, 2.05) is 0 Å². The molecule has 0 aliphatic rings. The molecule has 0 aromatic heterocycles. The fourth-order valence-corrected chi connectivity index (χ4v) is 7.91. The molecular weight excluding hydrogens is 816 g/mol. The molecule has 0 saturated carbocycles. The van der Waals surface area contributed by atoms with Gasteiger partial charge in [0.25, 0.3) is 0 Å². The highest BCUT2D eigenvalue weighted by Gasteiger charge is 2.27. The fraction of sp³-hybridized carbons (Fsp3) is 0.808. The molecule has 3 atom stereocenters. The van der Waals surface area contributed by atoms with Crippen LogP contribution in [0.15, 0.2) is 48.6 Å². The van der Waals surface area contributed by atoms with E-state index in [2.05, 4.69) is 62.5 Å². The van der Waals surface area contributed by atoms with Crippen LogP contribution in [0.5, 0.6) is 0 Å². The topological polar surface area (TPSA) is 149 Å². The summed E-state index contributed by atoms with van der Waals surface area (Å²) in [6.45, 7) is 2.12. The molecule has 0 aliphatic carbocycles. The summed E-state index contributed by atoms with van der Waals surface area (Å²) in [7, 11) is -4.65. The van der Waals surface area contributed by atoms with Crippen molar-refractivity contribution in [2.45, 2.75) is 244 Å². The van der Waals surface area contributed by atoms with E-state index in [-0.39, 0.29) is 12.8 Å². The molecule has 0 aliphatic heterocycles. The highest BCUT2D eigenvalue weighted by atomic mass is 31.2. The normalized spacial score (nSPS) is 14.0. The van der Waals surface area contributed by atoms with E-state index >= 15 is 0 Å². The lowest BCUT2D eigenvalue weighted by atomic mass is 10.0. The van der Waals surface area contributed by atoms with E-state index in [1.54, 1.807) is 0 Å². The van der Waals surface area contributed by atoms with Gasteiger partial charge in [0.1, 0.15) is 12.2 Å². The first-order valence-electron chi connectivity index (χ1n) is 25.6. The smallest absolute Gasteiger partial charge is 0.457 e. The fourth-order valence-electron chi connectivity index (χ4n) is 7.13. The van der Waals surface area contributed by atoms with E-state index < -0.39 is 58.4 Å². The van der Waals surface area contributed by atoms with Crippen LogP contribution in [0, 0.1) is 0 Å². The number of esters is 2. The predicted molar refractivity (Wildman–Crippen MR) is 261 cm³/mol. The first-order valence-corrected chi connectivity index (χ1v) is 27.1. The average molecular weight is 911 g/mol. The largest absolute Gasteiger partial charge is 0.472 e. The van der Waals surface area contributed by atoms with Crippen molar-refractivity contribution in [3.8, 4) is 0 Å². The summed E-state index contributed by atoms with van der Waals surface area (Å²) in [6, 6.07) is 0. The summed E-state index contributed by atoms with van der Waals surface area (Å²) < 4.78 is 32.7. The standard InChI is InChI=1S/C52H95O10P/c1-3-5-7-9-11-13-15-17-19-21-22-23-24-25-26-28-30-32-34-36-38-40-42-44-52(56)62-50(46-54)48-60-63(57,58)59-47-49(45-53)61-51(55)43-41-39-37-35-33-31-29-27-20-18-16-14-12-10-8-6-4-2/h6,8,12,14,18,20-22,49-50,53-54H,3-5,7,9-11,13,15-17,19,23-48H2,1-2H3,(H,57,58)/b8-6-,14-12-,20-18-,22-21-. The maximum absolute atomic E-state index is 12.4. The molecule has 0 spiro atoms. The number of phosphoric ester groups is 1. The molecule has 0 rings (SSSR count). The van der Waals surface area contributed by atoms with E-state index in [4.69, 9.17) is 18.5 Å². The Hall–Kier alpha value is -2.07. The number of hydrogen-bond acceptors (Lipinski definition) is 9. The molecule has 0 bridgehead atoms. The molecule has 368 valence electrons. The number of aliphatic hydroxyl groups excluding tert-OH is 2. The minimum atomic E-state index is -4.65. The van der Waals surface area contributed by atoms with Gasteiger partial charge in [-0.1, -0.05) is 197 Å². The molecule has 0 saturated heterocycles. The van der Waals surface area contributed by atoms with Gasteiger partial charge < -0.3 is 24.6 Å². The first kappa shape index (κ1) is 60.9. The second kappa shape index (κ2) is 47.9. The molecule has 0 amide bonds. The highest BCUT2D eigenvalue weighted by molar-refractivity contribution is 7.47. The maximum Gasteiger partial charge on any atom is 0.472 e. The molecule has 0 aromatic rings. The number of rotatable bonds is 48. The number of ether oxygens (including phenoxy) is 2. The van der Waals surface area contributed by atoms with Gasteiger partial charge >= 0.3 is 19.8 Å². The van der Waals surface area contributed by atoms with Crippen molar-refractivity contribution in [2.24, 2.45) is 0 Å². The predicted octanol–water partition coefficient (Wildman–Crippen LogP) is 14.5. The second-order valence-electron chi connectivity index (χ2n) is 17.1. The Morgan fingerprint density at radius 3 is 1.10 bits per heavy atom. The third-order valence-corrected chi connectivity index (χ3v) is 12.0. The van der Waals surface area contributed by atoms with E-state index in [0.717, 1.165) is 70.6 Å². The monoisotopic (exact) mass is 911 g/mol. The van der Waals surface area contributed by atoms with Gasteiger partial charge in [-0.3, -0.25) is 18.6 Å². The number of aliphatic hydroxyl groups is 2. The van der Waals surface area contributed by atoms with Crippen molar-refractivity contribution in [3.05, 3.63) is 48.6 Å². The lowest BCUT2D eigenvalue weighted by Crippen LogP contribution is -2.28. The maximum atomic E-state index is 12.4. The Morgan fingerprint density at radius 2 is 0.746 bits per heavy atom. The lowest BCUT2D eigenvalue weighted by molar-refractivity contribution is -0.153. The highest BCUT2D eigenvalue weighted by Crippen LogP contribution is 2.43. The van der Waals surface area contributed by atoms with Crippen molar-refractivity contribution in [1.82, 2.24) is 0 Å². The minimum absolute atomic E-state index is 0.180. The molecule has 63 heavy (non-hydrogen) atoms. The number of hydrogen-bond donors (Lipinski definition) is 3. The van der Waals surface area contributed by atoms with Gasteiger partial charge in [0.05, 0.1) is 26.4 Å². The van der Waals surface area contributed by atoms with Crippen molar-refractivity contribution in [2.75, 3.05) is 26.4 Å². The Bertz CT molecular complexity index is 1190. The van der Waals surface area contributed by atoms with E-state index in [0.29, 0.717) is 12.8 Å². The van der Waals surface area contributed by atoms with Crippen LogP contribution in [-0.4, -0.2) is 65.7 Å². The minimum Gasteiger partial charge on any atom is -0.457 e. The molecule has 3 N–H and O–H groups in total. The zero-order valence-electron chi connectivity index (χ0n) is 40.3. The van der Waals surface area contributed by atoms with Crippen LogP contribution in [0.25, 0.3) is 0 Å². The van der Waals surface area contributed by atoms with Crippen LogP contribution in [0.1, 0.15) is 232 Å². The Balaban J connectivity index is 3.83. The Labute approximate surface area is 385 Å². The second-order valence-corrected chi connectivity index (χ2v) is 18.6. The molecule has 0 radical (unpaired) electrons. The number of allylic oxidation sites excluding steroid dienone is 8. The first-order chi connectivity index (χ1) is 30.8. The van der Waals surface area contributed by atoms with Crippen molar-refractivity contribution < 1.29 is 47.8 Å².